The highest BCUT2D eigenvalue weighted by Gasteiger charge is 2.48. The third-order valence-corrected chi connectivity index (χ3v) is 7.18. The van der Waals surface area contributed by atoms with Crippen molar-refractivity contribution >= 4 is 17.7 Å². The smallest absolute Gasteiger partial charge is 0.273 e. The monoisotopic (exact) mass is 511 g/mol. The number of rotatable bonds is 10. The van der Waals surface area contributed by atoms with Gasteiger partial charge < -0.3 is 29.6 Å². The van der Waals surface area contributed by atoms with Crippen molar-refractivity contribution in [3.05, 3.63) is 41.5 Å². The van der Waals surface area contributed by atoms with Gasteiger partial charge in [0.1, 0.15) is 11.2 Å². The SMILES string of the molecule is CCCN1C(=O)c2c(C(=O)NCc3ccc(OC)c(OCC)c3)ncn2C[C@]1(C)C(=O)NC1CCCC1. The summed E-state index contributed by atoms with van der Waals surface area (Å²) in [7, 11) is 1.57. The Morgan fingerprint density at radius 2 is 1.95 bits per heavy atom. The van der Waals surface area contributed by atoms with Crippen LogP contribution < -0.4 is 20.1 Å². The zero-order valence-electron chi connectivity index (χ0n) is 22.1. The van der Waals surface area contributed by atoms with Gasteiger partial charge in [-0.3, -0.25) is 14.4 Å². The zero-order valence-corrected chi connectivity index (χ0v) is 22.1. The van der Waals surface area contributed by atoms with Crippen LogP contribution in [0.3, 0.4) is 0 Å². The highest BCUT2D eigenvalue weighted by atomic mass is 16.5. The van der Waals surface area contributed by atoms with Crippen LogP contribution in [0.4, 0.5) is 0 Å². The van der Waals surface area contributed by atoms with Crippen molar-refractivity contribution in [2.45, 2.75) is 77.5 Å². The molecule has 10 heteroatoms. The normalized spacial score (nSPS) is 19.5. The largest absolute Gasteiger partial charge is 0.493 e. The summed E-state index contributed by atoms with van der Waals surface area (Å²) in [5.41, 5.74) is 0.0288. The number of amides is 3. The van der Waals surface area contributed by atoms with E-state index in [9.17, 15) is 14.4 Å². The van der Waals surface area contributed by atoms with Crippen molar-refractivity contribution in [3.63, 3.8) is 0 Å². The maximum absolute atomic E-state index is 13.7. The van der Waals surface area contributed by atoms with Gasteiger partial charge in [-0.15, -0.1) is 0 Å². The molecule has 0 bridgehead atoms. The fraction of sp³-hybridized carbons (Fsp3) is 0.556. The molecule has 1 aromatic heterocycles. The molecule has 1 aliphatic heterocycles. The van der Waals surface area contributed by atoms with Crippen LogP contribution >= 0.6 is 0 Å². The van der Waals surface area contributed by atoms with E-state index < -0.39 is 11.4 Å². The van der Waals surface area contributed by atoms with E-state index in [-0.39, 0.29) is 42.3 Å². The van der Waals surface area contributed by atoms with E-state index in [1.807, 2.05) is 26.0 Å². The summed E-state index contributed by atoms with van der Waals surface area (Å²) in [4.78, 5) is 46.1. The molecule has 1 aromatic carbocycles. The fourth-order valence-corrected chi connectivity index (χ4v) is 5.20. The second-order valence-corrected chi connectivity index (χ2v) is 9.86. The first kappa shape index (κ1) is 26.5. The van der Waals surface area contributed by atoms with Gasteiger partial charge in [0.05, 0.1) is 26.6 Å². The van der Waals surface area contributed by atoms with Crippen LogP contribution in [-0.4, -0.2) is 64.0 Å². The molecule has 200 valence electrons. The number of benzene rings is 1. The summed E-state index contributed by atoms with van der Waals surface area (Å²) in [6.07, 6.45) is 6.30. The molecule has 1 aliphatic carbocycles. The predicted octanol–water partition coefficient (Wildman–Crippen LogP) is 2.90. The van der Waals surface area contributed by atoms with Gasteiger partial charge >= 0.3 is 0 Å². The maximum Gasteiger partial charge on any atom is 0.273 e. The van der Waals surface area contributed by atoms with Gasteiger partial charge in [0.15, 0.2) is 17.2 Å². The van der Waals surface area contributed by atoms with Gasteiger partial charge in [0.2, 0.25) is 5.91 Å². The molecule has 0 radical (unpaired) electrons. The zero-order chi connectivity index (χ0) is 26.6. The van der Waals surface area contributed by atoms with Crippen LogP contribution in [0, 0.1) is 0 Å². The average molecular weight is 512 g/mol. The lowest BCUT2D eigenvalue weighted by atomic mass is 9.93. The fourth-order valence-electron chi connectivity index (χ4n) is 5.20. The highest BCUT2D eigenvalue weighted by molar-refractivity contribution is 6.07. The van der Waals surface area contributed by atoms with E-state index in [0.29, 0.717) is 31.1 Å². The molecule has 37 heavy (non-hydrogen) atoms. The van der Waals surface area contributed by atoms with E-state index in [0.717, 1.165) is 31.2 Å². The standard InChI is InChI=1S/C27H37N5O5/c1-5-13-32-25(34)23-22(24(33)28-15-18-11-12-20(36-4)21(14-18)37-6-2)29-17-31(23)16-27(32,3)26(35)30-19-9-7-8-10-19/h11-12,14,17,19H,5-10,13,15-16H2,1-4H3,(H,28,33)(H,30,35)/t27-/m1/s1. The third-order valence-electron chi connectivity index (χ3n) is 7.18. The number of nitrogens with zero attached hydrogens (tertiary/aromatic N) is 3. The number of hydrogen-bond acceptors (Lipinski definition) is 6. The second kappa shape index (κ2) is 11.2. The van der Waals surface area contributed by atoms with E-state index >= 15 is 0 Å². The van der Waals surface area contributed by atoms with Crippen LogP contribution in [0.15, 0.2) is 24.5 Å². The first-order chi connectivity index (χ1) is 17.8. The molecule has 2 aromatic rings. The minimum Gasteiger partial charge on any atom is -0.493 e. The number of methoxy groups -OCH3 is 1. The Bertz CT molecular complexity index is 1160. The Hall–Kier alpha value is -3.56. The van der Waals surface area contributed by atoms with Gasteiger partial charge in [-0.25, -0.2) is 4.98 Å². The lowest BCUT2D eigenvalue weighted by molar-refractivity contribution is -0.133. The molecule has 3 amide bonds. The van der Waals surface area contributed by atoms with Crippen LogP contribution in [0.1, 0.15) is 79.4 Å². The van der Waals surface area contributed by atoms with E-state index in [4.69, 9.17) is 9.47 Å². The molecule has 0 unspecified atom stereocenters. The van der Waals surface area contributed by atoms with Crippen molar-refractivity contribution in [1.82, 2.24) is 25.1 Å². The minimum absolute atomic E-state index is 0.0582. The van der Waals surface area contributed by atoms with Gasteiger partial charge in [0, 0.05) is 19.1 Å². The van der Waals surface area contributed by atoms with Crippen molar-refractivity contribution < 1.29 is 23.9 Å². The molecule has 2 N–H and O–H groups in total. The Labute approximate surface area is 217 Å². The number of aromatic nitrogens is 2. The first-order valence-corrected chi connectivity index (χ1v) is 13.1. The summed E-state index contributed by atoms with van der Waals surface area (Å²) < 4.78 is 12.6. The lowest BCUT2D eigenvalue weighted by Gasteiger charge is -2.44. The molecule has 1 atom stereocenters. The summed E-state index contributed by atoms with van der Waals surface area (Å²) >= 11 is 0. The molecule has 1 fully saturated rings. The summed E-state index contributed by atoms with van der Waals surface area (Å²) in [6, 6.07) is 5.59. The lowest BCUT2D eigenvalue weighted by Crippen LogP contribution is -2.65. The Morgan fingerprint density at radius 1 is 1.19 bits per heavy atom. The van der Waals surface area contributed by atoms with Gasteiger partial charge in [-0.2, -0.15) is 0 Å². The Balaban J connectivity index is 1.53. The van der Waals surface area contributed by atoms with Crippen molar-refractivity contribution in [3.8, 4) is 11.5 Å². The second-order valence-electron chi connectivity index (χ2n) is 9.86. The van der Waals surface area contributed by atoms with Gasteiger partial charge in [0.25, 0.3) is 11.8 Å². The molecule has 2 aliphatic rings. The molecule has 2 heterocycles. The average Bonchev–Trinajstić information content (AvgIpc) is 3.55. The van der Waals surface area contributed by atoms with E-state index in [2.05, 4.69) is 15.6 Å². The maximum atomic E-state index is 13.7. The highest BCUT2D eigenvalue weighted by Crippen LogP contribution is 2.31. The molecule has 4 rings (SSSR count). The summed E-state index contributed by atoms with van der Waals surface area (Å²) in [5, 5.41) is 6.01. The molecular formula is C27H37N5O5. The number of carbonyl (C=O) groups is 3. The number of imidazole rings is 1. The first-order valence-electron chi connectivity index (χ1n) is 13.1. The van der Waals surface area contributed by atoms with Crippen LogP contribution in [0.25, 0.3) is 0 Å². The van der Waals surface area contributed by atoms with E-state index in [1.165, 1.54) is 6.33 Å². The van der Waals surface area contributed by atoms with E-state index in [1.54, 1.807) is 29.6 Å². The molecule has 0 saturated heterocycles. The number of fused-ring (bicyclic) bond motifs is 1. The third kappa shape index (κ3) is 5.28. The Kier molecular flexibility index (Phi) is 8.04. The number of ether oxygens (including phenoxy) is 2. The van der Waals surface area contributed by atoms with Crippen molar-refractivity contribution in [2.75, 3.05) is 20.3 Å². The molecule has 10 nitrogen and oxygen atoms in total. The topological polar surface area (TPSA) is 115 Å². The predicted molar refractivity (Wildman–Crippen MR) is 138 cm³/mol. The summed E-state index contributed by atoms with van der Waals surface area (Å²) in [6.45, 7) is 7.01. The molecule has 1 saturated carbocycles. The number of hydrogen-bond donors (Lipinski definition) is 2. The van der Waals surface area contributed by atoms with Gasteiger partial charge in [-0.1, -0.05) is 25.8 Å². The Morgan fingerprint density at radius 3 is 2.62 bits per heavy atom. The number of carbonyl (C=O) groups excluding carboxylic acids is 3. The number of nitrogens with one attached hydrogen (secondary N) is 2. The van der Waals surface area contributed by atoms with Crippen LogP contribution in [0.5, 0.6) is 11.5 Å². The van der Waals surface area contributed by atoms with Crippen molar-refractivity contribution in [2.24, 2.45) is 0 Å². The van der Waals surface area contributed by atoms with Crippen LogP contribution in [0.2, 0.25) is 0 Å². The van der Waals surface area contributed by atoms with Gasteiger partial charge in [-0.05, 0) is 50.8 Å². The quantitative estimate of drug-likeness (QED) is 0.507. The summed E-state index contributed by atoms with van der Waals surface area (Å²) in [5.74, 6) is 0.240. The minimum atomic E-state index is -1.06. The van der Waals surface area contributed by atoms with Crippen LogP contribution in [-0.2, 0) is 17.9 Å². The molecule has 0 spiro atoms. The van der Waals surface area contributed by atoms with Crippen molar-refractivity contribution in [1.29, 1.82) is 0 Å². The molecular weight excluding hydrogens is 474 g/mol.